The van der Waals surface area contributed by atoms with Gasteiger partial charge in [-0.2, -0.15) is 0 Å². The molecule has 0 heterocycles. The molecule has 0 saturated heterocycles. The average Bonchev–Trinajstić information content (AvgIpc) is 2.68. The normalized spacial score (nSPS) is 11.4. The van der Waals surface area contributed by atoms with Gasteiger partial charge in [0.15, 0.2) is 0 Å². The number of para-hydroxylation sites is 1. The lowest BCUT2D eigenvalue weighted by Gasteiger charge is -2.08. The summed E-state index contributed by atoms with van der Waals surface area (Å²) in [6, 6.07) is 19.1. The van der Waals surface area contributed by atoms with Crippen LogP contribution in [0.15, 0.2) is 77.7 Å². The van der Waals surface area contributed by atoms with Gasteiger partial charge in [-0.05, 0) is 47.5 Å². The summed E-state index contributed by atoms with van der Waals surface area (Å²) in [5, 5.41) is 18.6. The van der Waals surface area contributed by atoms with E-state index in [-0.39, 0.29) is 16.2 Å². The van der Waals surface area contributed by atoms with Gasteiger partial charge in [0.25, 0.3) is 10.0 Å². The first-order chi connectivity index (χ1) is 13.3. The minimum absolute atomic E-state index is 0.131. The molecule has 3 aromatic carbocycles. The quantitative estimate of drug-likeness (QED) is 0.546. The van der Waals surface area contributed by atoms with E-state index in [1.165, 1.54) is 24.3 Å². The molecule has 28 heavy (non-hydrogen) atoms. The van der Waals surface area contributed by atoms with Crippen LogP contribution in [0, 0.1) is 0 Å². The van der Waals surface area contributed by atoms with Crippen LogP contribution in [0.1, 0.15) is 21.5 Å². The molecule has 0 aliphatic heterocycles. The average molecular weight is 395 g/mol. The molecule has 0 fully saturated rings. The van der Waals surface area contributed by atoms with E-state index < -0.39 is 16.0 Å². The van der Waals surface area contributed by atoms with Crippen LogP contribution in [0.2, 0.25) is 0 Å². The molecule has 0 atom stereocenters. The van der Waals surface area contributed by atoms with Crippen molar-refractivity contribution in [3.05, 3.63) is 89.5 Å². The molecule has 0 saturated carbocycles. The summed E-state index contributed by atoms with van der Waals surface area (Å²) < 4.78 is 27.3. The molecule has 6 nitrogen and oxygen atoms in total. The van der Waals surface area contributed by atoms with E-state index in [1.54, 1.807) is 60.7 Å². The van der Waals surface area contributed by atoms with E-state index in [0.29, 0.717) is 11.3 Å². The molecule has 3 aromatic rings. The first kappa shape index (κ1) is 19.2. The zero-order valence-corrected chi connectivity index (χ0v) is 15.4. The van der Waals surface area contributed by atoms with E-state index in [4.69, 9.17) is 5.11 Å². The van der Waals surface area contributed by atoms with E-state index in [1.807, 2.05) is 0 Å². The number of hydrogen-bond acceptors (Lipinski definition) is 4. The smallest absolute Gasteiger partial charge is 0.339 e. The summed E-state index contributed by atoms with van der Waals surface area (Å²) in [4.78, 5) is 11.2. The summed E-state index contributed by atoms with van der Waals surface area (Å²) in [6.07, 6.45) is 3.40. The van der Waals surface area contributed by atoms with Gasteiger partial charge in [0.1, 0.15) is 11.3 Å². The van der Waals surface area contributed by atoms with E-state index in [9.17, 15) is 18.3 Å². The Labute approximate surface area is 162 Å². The highest BCUT2D eigenvalue weighted by atomic mass is 32.2. The van der Waals surface area contributed by atoms with Gasteiger partial charge in [-0.15, -0.1) is 0 Å². The predicted molar refractivity (Wildman–Crippen MR) is 108 cm³/mol. The Bertz CT molecular complexity index is 1120. The third kappa shape index (κ3) is 4.57. The lowest BCUT2D eigenvalue weighted by atomic mass is 10.1. The molecule has 7 heteroatoms. The minimum Gasteiger partial charge on any atom is -0.507 e. The molecular weight excluding hydrogens is 378 g/mol. The van der Waals surface area contributed by atoms with Crippen LogP contribution in [0.25, 0.3) is 12.2 Å². The van der Waals surface area contributed by atoms with Gasteiger partial charge < -0.3 is 10.2 Å². The van der Waals surface area contributed by atoms with E-state index in [2.05, 4.69) is 4.72 Å². The second-order valence-electron chi connectivity index (χ2n) is 5.96. The number of carbonyl (C=O) groups is 1. The first-order valence-corrected chi connectivity index (χ1v) is 9.76. The molecule has 3 N–H and O–H groups in total. The molecule has 0 aromatic heterocycles. The SMILES string of the molecule is O=C(O)c1cc(/C=C/c2ccc(S(=O)(=O)Nc3ccccc3)cc2)ccc1O. The Morgan fingerprint density at radius 3 is 2.11 bits per heavy atom. The maximum atomic E-state index is 12.4. The highest BCUT2D eigenvalue weighted by molar-refractivity contribution is 7.92. The monoisotopic (exact) mass is 395 g/mol. The van der Waals surface area contributed by atoms with Gasteiger partial charge in [0.2, 0.25) is 0 Å². The van der Waals surface area contributed by atoms with Crippen LogP contribution in [-0.2, 0) is 10.0 Å². The Balaban J connectivity index is 1.77. The van der Waals surface area contributed by atoms with Gasteiger partial charge in [0.05, 0.1) is 4.90 Å². The van der Waals surface area contributed by atoms with Crippen molar-refractivity contribution in [2.45, 2.75) is 4.90 Å². The molecule has 0 bridgehead atoms. The van der Waals surface area contributed by atoms with Crippen molar-refractivity contribution in [2.24, 2.45) is 0 Å². The van der Waals surface area contributed by atoms with Crippen LogP contribution in [0.3, 0.4) is 0 Å². The van der Waals surface area contributed by atoms with Crippen LogP contribution < -0.4 is 4.72 Å². The topological polar surface area (TPSA) is 104 Å². The Hall–Kier alpha value is -3.58. The number of carboxylic acid groups (broad SMARTS) is 1. The third-order valence-electron chi connectivity index (χ3n) is 3.94. The fourth-order valence-electron chi connectivity index (χ4n) is 2.50. The number of phenols is 1. The van der Waals surface area contributed by atoms with Crippen molar-refractivity contribution in [3.8, 4) is 5.75 Å². The maximum Gasteiger partial charge on any atom is 0.339 e. The second-order valence-corrected chi connectivity index (χ2v) is 7.64. The molecule has 0 amide bonds. The predicted octanol–water partition coefficient (Wildman–Crippen LogP) is 4.06. The Kier molecular flexibility index (Phi) is 5.47. The van der Waals surface area contributed by atoms with Gasteiger partial charge in [-0.3, -0.25) is 4.72 Å². The van der Waals surface area contributed by atoms with Crippen LogP contribution in [0.5, 0.6) is 5.75 Å². The van der Waals surface area contributed by atoms with Gasteiger partial charge in [-0.1, -0.05) is 48.6 Å². The number of anilines is 1. The van der Waals surface area contributed by atoms with Crippen molar-refractivity contribution in [2.75, 3.05) is 4.72 Å². The molecule has 0 radical (unpaired) electrons. The van der Waals surface area contributed by atoms with E-state index >= 15 is 0 Å². The largest absolute Gasteiger partial charge is 0.507 e. The summed E-state index contributed by atoms with van der Waals surface area (Å²) in [5.41, 5.74) is 1.63. The number of benzene rings is 3. The highest BCUT2D eigenvalue weighted by Gasteiger charge is 2.13. The third-order valence-corrected chi connectivity index (χ3v) is 5.33. The van der Waals surface area contributed by atoms with Crippen molar-refractivity contribution in [3.63, 3.8) is 0 Å². The molecule has 0 aliphatic rings. The number of rotatable bonds is 6. The number of aromatic carboxylic acids is 1. The number of aromatic hydroxyl groups is 1. The summed E-state index contributed by atoms with van der Waals surface area (Å²) in [7, 11) is -3.68. The fourth-order valence-corrected chi connectivity index (χ4v) is 3.56. The number of carboxylic acids is 1. The van der Waals surface area contributed by atoms with Crippen molar-refractivity contribution in [1.82, 2.24) is 0 Å². The zero-order valence-electron chi connectivity index (χ0n) is 14.6. The summed E-state index contributed by atoms with van der Waals surface area (Å²) in [5.74, 6) is -1.52. The van der Waals surface area contributed by atoms with Crippen molar-refractivity contribution in [1.29, 1.82) is 0 Å². The van der Waals surface area contributed by atoms with Gasteiger partial charge in [0, 0.05) is 5.69 Å². The van der Waals surface area contributed by atoms with Crippen LogP contribution in [-0.4, -0.2) is 24.6 Å². The van der Waals surface area contributed by atoms with Crippen LogP contribution in [0.4, 0.5) is 5.69 Å². The van der Waals surface area contributed by atoms with Gasteiger partial charge in [-0.25, -0.2) is 13.2 Å². The second kappa shape index (κ2) is 7.98. The highest BCUT2D eigenvalue weighted by Crippen LogP contribution is 2.21. The first-order valence-electron chi connectivity index (χ1n) is 8.27. The molecule has 3 rings (SSSR count). The fraction of sp³-hybridized carbons (Fsp3) is 0. The number of nitrogens with one attached hydrogen (secondary N) is 1. The summed E-state index contributed by atoms with van der Waals surface area (Å²) in [6.45, 7) is 0. The standard InChI is InChI=1S/C21H17NO5S/c23-20-13-10-16(14-19(20)21(24)25)7-6-15-8-11-18(12-9-15)28(26,27)22-17-4-2-1-3-5-17/h1-14,22-23H,(H,24,25)/b7-6+. The molecule has 142 valence electrons. The lowest BCUT2D eigenvalue weighted by molar-refractivity contribution is 0.0693. The molecule has 0 unspecified atom stereocenters. The summed E-state index contributed by atoms with van der Waals surface area (Å²) >= 11 is 0. The van der Waals surface area contributed by atoms with Crippen LogP contribution >= 0.6 is 0 Å². The number of hydrogen-bond donors (Lipinski definition) is 3. The Morgan fingerprint density at radius 2 is 1.46 bits per heavy atom. The van der Waals surface area contributed by atoms with Crippen molar-refractivity contribution < 1.29 is 23.4 Å². The maximum absolute atomic E-state index is 12.4. The van der Waals surface area contributed by atoms with Gasteiger partial charge >= 0.3 is 5.97 Å². The van der Waals surface area contributed by atoms with Crippen molar-refractivity contribution >= 4 is 33.8 Å². The van der Waals surface area contributed by atoms with E-state index in [0.717, 1.165) is 5.56 Å². The zero-order chi connectivity index (χ0) is 20.1. The molecular formula is C21H17NO5S. The lowest BCUT2D eigenvalue weighted by Crippen LogP contribution is -2.12. The minimum atomic E-state index is -3.68. The molecule has 0 aliphatic carbocycles. The molecule has 0 spiro atoms. The number of sulfonamides is 1. The Morgan fingerprint density at radius 1 is 0.857 bits per heavy atom.